The van der Waals surface area contributed by atoms with Crippen LogP contribution < -0.4 is 0 Å². The summed E-state index contributed by atoms with van der Waals surface area (Å²) in [5.41, 5.74) is 0.966. The molecular formula is C18H32O. The molecule has 3 fully saturated rings. The maximum atomic E-state index is 10.6. The molecule has 0 radical (unpaired) electrons. The predicted molar refractivity (Wildman–Crippen MR) is 79.8 cm³/mol. The minimum atomic E-state index is -0.0387. The molecule has 0 heterocycles. The molecule has 0 unspecified atom stereocenters. The Morgan fingerprint density at radius 2 is 1.58 bits per heavy atom. The minimum Gasteiger partial charge on any atom is -0.393 e. The Morgan fingerprint density at radius 1 is 0.947 bits per heavy atom. The van der Waals surface area contributed by atoms with Gasteiger partial charge in [-0.3, -0.25) is 0 Å². The summed E-state index contributed by atoms with van der Waals surface area (Å²) in [6.07, 6.45) is 6.45. The quantitative estimate of drug-likeness (QED) is 0.739. The molecule has 2 bridgehead atoms. The summed E-state index contributed by atoms with van der Waals surface area (Å²) in [7, 11) is 0. The van der Waals surface area contributed by atoms with Crippen LogP contribution in [-0.2, 0) is 0 Å². The van der Waals surface area contributed by atoms with E-state index in [9.17, 15) is 5.11 Å². The van der Waals surface area contributed by atoms with E-state index in [0.29, 0.717) is 22.7 Å². The molecule has 0 aromatic heterocycles. The standard InChI is InChI=1S/C18H32O/c1-11-8-14(16(19)9-12(11)2)15-10-13-6-7-18(15,5)17(13,3)4/h11-16,19H,6-10H2,1-5H3/t11-,12-,13+,14-,15-,16+,18-/m1/s1. The summed E-state index contributed by atoms with van der Waals surface area (Å²) in [4.78, 5) is 0. The molecular weight excluding hydrogens is 232 g/mol. The van der Waals surface area contributed by atoms with Crippen LogP contribution in [0.5, 0.6) is 0 Å². The lowest BCUT2D eigenvalue weighted by molar-refractivity contribution is -0.0469. The molecule has 3 aliphatic carbocycles. The van der Waals surface area contributed by atoms with Crippen molar-refractivity contribution in [3.63, 3.8) is 0 Å². The van der Waals surface area contributed by atoms with Gasteiger partial charge in [0.25, 0.3) is 0 Å². The van der Waals surface area contributed by atoms with E-state index < -0.39 is 0 Å². The van der Waals surface area contributed by atoms with E-state index in [1.54, 1.807) is 0 Å². The lowest BCUT2D eigenvalue weighted by atomic mass is 9.58. The molecule has 0 aromatic carbocycles. The highest BCUT2D eigenvalue weighted by atomic mass is 16.3. The van der Waals surface area contributed by atoms with Gasteiger partial charge in [0.2, 0.25) is 0 Å². The zero-order valence-corrected chi connectivity index (χ0v) is 13.4. The van der Waals surface area contributed by atoms with Gasteiger partial charge < -0.3 is 5.11 Å². The van der Waals surface area contributed by atoms with Crippen LogP contribution in [0.15, 0.2) is 0 Å². The average molecular weight is 264 g/mol. The van der Waals surface area contributed by atoms with Crippen LogP contribution in [0.25, 0.3) is 0 Å². The second kappa shape index (κ2) is 4.23. The third kappa shape index (κ3) is 1.76. The van der Waals surface area contributed by atoms with E-state index >= 15 is 0 Å². The van der Waals surface area contributed by atoms with Crippen molar-refractivity contribution in [1.29, 1.82) is 0 Å². The molecule has 3 saturated carbocycles. The van der Waals surface area contributed by atoms with Crippen molar-refractivity contribution in [3.8, 4) is 0 Å². The Hall–Kier alpha value is -0.0400. The van der Waals surface area contributed by atoms with Crippen LogP contribution in [0.1, 0.15) is 66.7 Å². The first-order valence-corrected chi connectivity index (χ1v) is 8.45. The fourth-order valence-corrected chi connectivity index (χ4v) is 5.95. The smallest absolute Gasteiger partial charge is 0.0574 e. The van der Waals surface area contributed by atoms with Crippen LogP contribution in [0.4, 0.5) is 0 Å². The Balaban J connectivity index is 1.84. The van der Waals surface area contributed by atoms with Crippen LogP contribution in [-0.4, -0.2) is 11.2 Å². The maximum Gasteiger partial charge on any atom is 0.0574 e. The average Bonchev–Trinajstić information content (AvgIpc) is 2.66. The van der Waals surface area contributed by atoms with Crippen molar-refractivity contribution in [2.45, 2.75) is 72.8 Å². The Morgan fingerprint density at radius 3 is 2.11 bits per heavy atom. The summed E-state index contributed by atoms with van der Waals surface area (Å²) in [5, 5.41) is 10.6. The van der Waals surface area contributed by atoms with Gasteiger partial charge in [-0.2, -0.15) is 0 Å². The molecule has 0 spiro atoms. The van der Waals surface area contributed by atoms with E-state index in [2.05, 4.69) is 34.6 Å². The maximum absolute atomic E-state index is 10.6. The fraction of sp³-hybridized carbons (Fsp3) is 1.00. The number of aliphatic hydroxyl groups excluding tert-OH is 1. The molecule has 0 saturated heterocycles. The van der Waals surface area contributed by atoms with E-state index in [0.717, 1.165) is 24.2 Å². The van der Waals surface area contributed by atoms with Gasteiger partial charge in [0.05, 0.1) is 6.10 Å². The van der Waals surface area contributed by atoms with Gasteiger partial charge in [0.15, 0.2) is 0 Å². The molecule has 0 aliphatic heterocycles. The Labute approximate surface area is 119 Å². The van der Waals surface area contributed by atoms with Crippen LogP contribution in [0.2, 0.25) is 0 Å². The molecule has 3 rings (SSSR count). The summed E-state index contributed by atoms with van der Waals surface area (Å²) < 4.78 is 0. The first-order valence-electron chi connectivity index (χ1n) is 8.45. The third-order valence-corrected chi connectivity index (χ3v) is 8.10. The molecule has 1 N–H and O–H groups in total. The van der Waals surface area contributed by atoms with Crippen LogP contribution in [0.3, 0.4) is 0 Å². The molecule has 19 heavy (non-hydrogen) atoms. The number of hydrogen-bond acceptors (Lipinski definition) is 1. The highest BCUT2D eigenvalue weighted by molar-refractivity contribution is 5.12. The Kier molecular flexibility index (Phi) is 3.10. The van der Waals surface area contributed by atoms with Crippen molar-refractivity contribution in [3.05, 3.63) is 0 Å². The SMILES string of the molecule is C[C@@H]1C[C@H]([C@H]2C[C@@H]3CC[C@@]2(C)C3(C)C)[C@@H](O)C[C@H]1C. The molecule has 110 valence electrons. The second-order valence-electron chi connectivity index (χ2n) is 8.87. The summed E-state index contributed by atoms with van der Waals surface area (Å²) >= 11 is 0. The molecule has 0 amide bonds. The fourth-order valence-electron chi connectivity index (χ4n) is 5.95. The van der Waals surface area contributed by atoms with Gasteiger partial charge in [-0.1, -0.05) is 34.6 Å². The molecule has 0 aromatic rings. The summed E-state index contributed by atoms with van der Waals surface area (Å²) in [5.74, 6) is 3.74. The number of rotatable bonds is 1. The van der Waals surface area contributed by atoms with Crippen molar-refractivity contribution in [1.82, 2.24) is 0 Å². The molecule has 1 nitrogen and oxygen atoms in total. The van der Waals surface area contributed by atoms with Gasteiger partial charge in [-0.05, 0) is 72.5 Å². The van der Waals surface area contributed by atoms with Gasteiger partial charge in [0, 0.05) is 0 Å². The topological polar surface area (TPSA) is 20.2 Å². The highest BCUT2D eigenvalue weighted by Crippen LogP contribution is 2.70. The van der Waals surface area contributed by atoms with Crippen LogP contribution >= 0.6 is 0 Å². The highest BCUT2D eigenvalue weighted by Gasteiger charge is 2.63. The van der Waals surface area contributed by atoms with Gasteiger partial charge in [0.1, 0.15) is 0 Å². The van der Waals surface area contributed by atoms with Gasteiger partial charge in [-0.25, -0.2) is 0 Å². The lowest BCUT2D eigenvalue weighted by Crippen LogP contribution is -2.44. The minimum absolute atomic E-state index is 0.0387. The van der Waals surface area contributed by atoms with Crippen LogP contribution in [0, 0.1) is 40.4 Å². The molecule has 1 heteroatoms. The normalized spacial score (nSPS) is 56.5. The van der Waals surface area contributed by atoms with E-state index in [1.165, 1.54) is 25.7 Å². The second-order valence-corrected chi connectivity index (χ2v) is 8.87. The number of hydrogen-bond donors (Lipinski definition) is 1. The van der Waals surface area contributed by atoms with E-state index in [-0.39, 0.29) is 6.10 Å². The third-order valence-electron chi connectivity index (χ3n) is 8.10. The first kappa shape index (κ1) is 13.9. The van der Waals surface area contributed by atoms with Crippen molar-refractivity contribution in [2.75, 3.05) is 0 Å². The molecule has 3 aliphatic rings. The monoisotopic (exact) mass is 264 g/mol. The Bertz CT molecular complexity index is 361. The van der Waals surface area contributed by atoms with E-state index in [1.807, 2.05) is 0 Å². The number of aliphatic hydroxyl groups is 1. The van der Waals surface area contributed by atoms with Crippen molar-refractivity contribution in [2.24, 2.45) is 40.4 Å². The number of fused-ring (bicyclic) bond motifs is 2. The largest absolute Gasteiger partial charge is 0.393 e. The van der Waals surface area contributed by atoms with Gasteiger partial charge >= 0.3 is 0 Å². The van der Waals surface area contributed by atoms with E-state index in [4.69, 9.17) is 0 Å². The van der Waals surface area contributed by atoms with Crippen molar-refractivity contribution >= 4 is 0 Å². The zero-order valence-electron chi connectivity index (χ0n) is 13.4. The lowest BCUT2D eigenvalue weighted by Gasteiger charge is -2.47. The first-order chi connectivity index (χ1) is 8.77. The summed E-state index contributed by atoms with van der Waals surface area (Å²) in [6.45, 7) is 12.2. The van der Waals surface area contributed by atoms with Gasteiger partial charge in [-0.15, -0.1) is 0 Å². The molecule has 7 atom stereocenters. The van der Waals surface area contributed by atoms with Crippen molar-refractivity contribution < 1.29 is 5.11 Å². The predicted octanol–water partition coefficient (Wildman–Crippen LogP) is 4.49. The zero-order chi connectivity index (χ0) is 14.0. The summed E-state index contributed by atoms with van der Waals surface area (Å²) in [6, 6.07) is 0.